The highest BCUT2D eigenvalue weighted by Crippen LogP contribution is 2.33. The van der Waals surface area contributed by atoms with Gasteiger partial charge >= 0.3 is 12.1 Å². The van der Waals surface area contributed by atoms with Gasteiger partial charge in [-0.25, -0.2) is 9.59 Å². The third kappa shape index (κ3) is 3.38. The van der Waals surface area contributed by atoms with Gasteiger partial charge in [0.2, 0.25) is 0 Å². The molecule has 1 aliphatic carbocycles. The Morgan fingerprint density at radius 3 is 2.58 bits per heavy atom. The van der Waals surface area contributed by atoms with Crippen LogP contribution in [0.3, 0.4) is 0 Å². The first kappa shape index (κ1) is 17.9. The van der Waals surface area contributed by atoms with Crippen LogP contribution in [0.4, 0.5) is 9.59 Å². The van der Waals surface area contributed by atoms with E-state index < -0.39 is 0 Å². The first-order valence-electron chi connectivity index (χ1n) is 10.4. The van der Waals surface area contributed by atoms with Crippen molar-refractivity contribution in [1.29, 1.82) is 0 Å². The average Bonchev–Trinajstić information content (AvgIpc) is 3.26. The van der Waals surface area contributed by atoms with Gasteiger partial charge in [-0.3, -0.25) is 4.90 Å². The molecule has 1 N–H and O–H groups in total. The summed E-state index contributed by atoms with van der Waals surface area (Å²) in [4.78, 5) is 30.9. The third-order valence-electron chi connectivity index (χ3n) is 6.73. The Balaban J connectivity index is 1.29. The fourth-order valence-electron chi connectivity index (χ4n) is 5.38. The second-order valence-corrected chi connectivity index (χ2v) is 8.17. The molecule has 0 bridgehead atoms. The Morgan fingerprint density at radius 2 is 1.81 bits per heavy atom. The van der Waals surface area contributed by atoms with E-state index >= 15 is 0 Å². The van der Waals surface area contributed by atoms with E-state index in [0.29, 0.717) is 30.8 Å². The molecule has 7 heteroatoms. The first-order valence-corrected chi connectivity index (χ1v) is 10.4. The first-order chi connectivity index (χ1) is 12.7. The van der Waals surface area contributed by atoms with E-state index in [2.05, 4.69) is 15.1 Å². The zero-order chi connectivity index (χ0) is 18.1. The number of nitrogens with one attached hydrogen (secondary N) is 1. The van der Waals surface area contributed by atoms with Gasteiger partial charge in [0, 0.05) is 38.3 Å². The lowest BCUT2D eigenvalue weighted by Gasteiger charge is -2.41. The monoisotopic (exact) mass is 364 g/mol. The number of nitrogens with zero attached hydrogens (tertiary/aromatic N) is 3. The molecule has 0 radical (unpaired) electrons. The highest BCUT2D eigenvalue weighted by atomic mass is 16.6. The Hall–Kier alpha value is -1.50. The van der Waals surface area contributed by atoms with E-state index in [1.165, 1.54) is 12.8 Å². The van der Waals surface area contributed by atoms with Gasteiger partial charge in [0.25, 0.3) is 0 Å². The van der Waals surface area contributed by atoms with E-state index in [1.54, 1.807) is 0 Å². The van der Waals surface area contributed by atoms with Gasteiger partial charge in [-0.05, 0) is 39.0 Å². The standard InChI is InChI=1S/C19H32N4O3/c1-2-26-19(25)22-12-9-15(13-22)21-10-7-14(8-11-21)23-17-6-4-3-5-16(17)20-18(23)24/h14-17H,2-13H2,1H3,(H,20,24)/t15?,16-,17+/m0/s1. The molecule has 3 heterocycles. The van der Waals surface area contributed by atoms with Crippen molar-refractivity contribution in [3.63, 3.8) is 0 Å². The number of amides is 3. The predicted octanol–water partition coefficient (Wildman–Crippen LogP) is 2.02. The Morgan fingerprint density at radius 1 is 1.08 bits per heavy atom. The fraction of sp³-hybridized carbons (Fsp3) is 0.895. The molecule has 4 rings (SSSR count). The molecule has 26 heavy (non-hydrogen) atoms. The zero-order valence-electron chi connectivity index (χ0n) is 15.9. The van der Waals surface area contributed by atoms with E-state index in [4.69, 9.17) is 4.74 Å². The summed E-state index contributed by atoms with van der Waals surface area (Å²) in [6.45, 7) is 5.90. The summed E-state index contributed by atoms with van der Waals surface area (Å²) in [5.74, 6) is 0. The van der Waals surface area contributed by atoms with Crippen LogP contribution in [0.25, 0.3) is 0 Å². The van der Waals surface area contributed by atoms with E-state index in [-0.39, 0.29) is 12.1 Å². The molecule has 1 saturated carbocycles. The number of likely N-dealkylation sites (tertiary alicyclic amines) is 2. The Labute approximate surface area is 156 Å². The quantitative estimate of drug-likeness (QED) is 0.832. The molecule has 3 atom stereocenters. The molecule has 0 aromatic carbocycles. The largest absolute Gasteiger partial charge is 0.450 e. The molecule has 3 aliphatic heterocycles. The van der Waals surface area contributed by atoms with Crippen molar-refractivity contribution in [2.75, 3.05) is 32.8 Å². The lowest BCUT2D eigenvalue weighted by molar-refractivity contribution is 0.0796. The van der Waals surface area contributed by atoms with Crippen LogP contribution in [0.2, 0.25) is 0 Å². The highest BCUT2D eigenvalue weighted by Gasteiger charge is 2.44. The van der Waals surface area contributed by atoms with Gasteiger partial charge in [-0.2, -0.15) is 0 Å². The van der Waals surface area contributed by atoms with Crippen LogP contribution in [0.15, 0.2) is 0 Å². The molecular formula is C19H32N4O3. The molecule has 0 aromatic rings. The minimum Gasteiger partial charge on any atom is -0.450 e. The number of hydrogen-bond donors (Lipinski definition) is 1. The summed E-state index contributed by atoms with van der Waals surface area (Å²) >= 11 is 0. The molecule has 3 saturated heterocycles. The lowest BCUT2D eigenvalue weighted by atomic mass is 9.89. The van der Waals surface area contributed by atoms with Gasteiger partial charge < -0.3 is 19.9 Å². The van der Waals surface area contributed by atoms with Crippen molar-refractivity contribution in [2.24, 2.45) is 0 Å². The van der Waals surface area contributed by atoms with Gasteiger partial charge in [0.1, 0.15) is 0 Å². The summed E-state index contributed by atoms with van der Waals surface area (Å²) in [7, 11) is 0. The maximum Gasteiger partial charge on any atom is 0.409 e. The number of carbonyl (C=O) groups is 2. The highest BCUT2D eigenvalue weighted by molar-refractivity contribution is 5.78. The number of urea groups is 1. The number of fused-ring (bicyclic) bond motifs is 1. The van der Waals surface area contributed by atoms with E-state index in [0.717, 1.165) is 58.3 Å². The molecule has 0 spiro atoms. The topological polar surface area (TPSA) is 65.1 Å². The van der Waals surface area contributed by atoms with Crippen LogP contribution in [0, 0.1) is 0 Å². The molecule has 1 unspecified atom stereocenters. The summed E-state index contributed by atoms with van der Waals surface area (Å²) in [5.41, 5.74) is 0. The van der Waals surface area contributed by atoms with Crippen LogP contribution in [0.1, 0.15) is 51.9 Å². The smallest absolute Gasteiger partial charge is 0.409 e. The van der Waals surface area contributed by atoms with E-state index in [9.17, 15) is 9.59 Å². The minimum absolute atomic E-state index is 0.162. The normalized spacial score (nSPS) is 33.3. The van der Waals surface area contributed by atoms with Crippen molar-refractivity contribution >= 4 is 12.1 Å². The summed E-state index contributed by atoms with van der Waals surface area (Å²) < 4.78 is 5.13. The molecular weight excluding hydrogens is 332 g/mol. The summed E-state index contributed by atoms with van der Waals surface area (Å²) in [5, 5.41) is 3.22. The maximum atomic E-state index is 12.5. The second kappa shape index (κ2) is 7.62. The molecule has 4 fully saturated rings. The number of carbonyl (C=O) groups excluding carboxylic acids is 2. The van der Waals surface area contributed by atoms with Gasteiger partial charge in [0.05, 0.1) is 18.7 Å². The molecule has 3 amide bonds. The van der Waals surface area contributed by atoms with Gasteiger partial charge in [-0.1, -0.05) is 12.8 Å². The van der Waals surface area contributed by atoms with Crippen molar-refractivity contribution in [3.8, 4) is 0 Å². The van der Waals surface area contributed by atoms with Crippen molar-refractivity contribution < 1.29 is 14.3 Å². The van der Waals surface area contributed by atoms with Crippen LogP contribution in [-0.4, -0.2) is 83.8 Å². The minimum atomic E-state index is -0.179. The van der Waals surface area contributed by atoms with E-state index in [1.807, 2.05) is 11.8 Å². The van der Waals surface area contributed by atoms with Crippen molar-refractivity contribution in [3.05, 3.63) is 0 Å². The number of piperidine rings is 1. The number of hydrogen-bond acceptors (Lipinski definition) is 4. The summed E-state index contributed by atoms with van der Waals surface area (Å²) in [6.07, 6.45) is 7.72. The molecule has 7 nitrogen and oxygen atoms in total. The van der Waals surface area contributed by atoms with Gasteiger partial charge in [0.15, 0.2) is 0 Å². The number of ether oxygens (including phenoxy) is 1. The Kier molecular flexibility index (Phi) is 5.25. The third-order valence-corrected chi connectivity index (χ3v) is 6.73. The predicted molar refractivity (Wildman–Crippen MR) is 98.0 cm³/mol. The molecule has 0 aromatic heterocycles. The fourth-order valence-corrected chi connectivity index (χ4v) is 5.38. The maximum absolute atomic E-state index is 12.5. The second-order valence-electron chi connectivity index (χ2n) is 8.17. The molecule has 4 aliphatic rings. The summed E-state index contributed by atoms with van der Waals surface area (Å²) in [6, 6.07) is 1.77. The average molecular weight is 364 g/mol. The number of rotatable bonds is 3. The SMILES string of the molecule is CCOC(=O)N1CCC(N2CCC(N3C(=O)N[C@H]4CCCC[C@H]43)CC2)C1. The van der Waals surface area contributed by atoms with Crippen LogP contribution >= 0.6 is 0 Å². The van der Waals surface area contributed by atoms with Crippen LogP contribution in [-0.2, 0) is 4.74 Å². The zero-order valence-corrected chi connectivity index (χ0v) is 15.9. The lowest BCUT2D eigenvalue weighted by Crippen LogP contribution is -2.52. The van der Waals surface area contributed by atoms with Crippen LogP contribution in [0.5, 0.6) is 0 Å². The van der Waals surface area contributed by atoms with Gasteiger partial charge in [-0.15, -0.1) is 0 Å². The van der Waals surface area contributed by atoms with Crippen LogP contribution < -0.4 is 5.32 Å². The Bertz CT molecular complexity index is 535. The molecule has 146 valence electrons. The van der Waals surface area contributed by atoms with Crippen molar-refractivity contribution in [1.82, 2.24) is 20.0 Å². The van der Waals surface area contributed by atoms with Crippen molar-refractivity contribution in [2.45, 2.75) is 76.0 Å².